The van der Waals surface area contributed by atoms with Gasteiger partial charge in [0, 0.05) is 0 Å². The first-order valence-electron chi connectivity index (χ1n) is 1.97. The smallest absolute Gasteiger partial charge is 0.0517 e. The summed E-state index contributed by atoms with van der Waals surface area (Å²) in [6.45, 7) is 5.31. The second-order valence-corrected chi connectivity index (χ2v) is 1.21. The Balaban J connectivity index is 3.72. The molecule has 0 aliphatic rings. The van der Waals surface area contributed by atoms with Gasteiger partial charge in [-0.15, -0.1) is 0 Å². The summed E-state index contributed by atoms with van der Waals surface area (Å²) in [5.74, 6) is 0. The maximum absolute atomic E-state index is 6.34. The van der Waals surface area contributed by atoms with Gasteiger partial charge in [0.25, 0.3) is 0 Å². The summed E-state index contributed by atoms with van der Waals surface area (Å²) in [6, 6.07) is 0. The number of nitrogens with zero attached hydrogens (tertiary/aromatic N) is 1. The monoisotopic (exact) mass is 96.1 g/mol. The zero-order valence-electron chi connectivity index (χ0n) is 4.31. The fourth-order valence-electron chi connectivity index (χ4n) is 0.155. The lowest BCUT2D eigenvalue weighted by Crippen LogP contribution is -1.58. The zero-order chi connectivity index (χ0) is 5.70. The number of hydrogen-bond donors (Lipinski definition) is 1. The fourth-order valence-corrected chi connectivity index (χ4v) is 0.155. The lowest BCUT2D eigenvalue weighted by molar-refractivity contribution is 1.13. The lowest BCUT2D eigenvalue weighted by Gasteiger charge is -1.78. The summed E-state index contributed by atoms with van der Waals surface area (Å²) in [5.41, 5.74) is 7.25. The van der Waals surface area contributed by atoms with E-state index in [4.69, 9.17) is 5.53 Å². The van der Waals surface area contributed by atoms with Crippen LogP contribution in [0.1, 0.15) is 6.92 Å². The summed E-state index contributed by atoms with van der Waals surface area (Å²) in [6.07, 6.45) is 3.09. The molecule has 0 aromatic rings. The van der Waals surface area contributed by atoms with Crippen LogP contribution < -0.4 is 0 Å². The first-order valence-corrected chi connectivity index (χ1v) is 1.97. The summed E-state index contributed by atoms with van der Waals surface area (Å²) >= 11 is 0. The quantitative estimate of drug-likeness (QED) is 0.403. The van der Waals surface area contributed by atoms with E-state index in [-0.39, 0.29) is 0 Å². The first-order chi connectivity index (χ1) is 3.31. The van der Waals surface area contributed by atoms with Crippen molar-refractivity contribution in [3.63, 3.8) is 0 Å². The minimum Gasteiger partial charge on any atom is -0.205 e. The van der Waals surface area contributed by atoms with Crippen LogP contribution >= 0.6 is 0 Å². The molecular formula is C5H8N2. The van der Waals surface area contributed by atoms with Crippen molar-refractivity contribution < 1.29 is 0 Å². The van der Waals surface area contributed by atoms with Gasteiger partial charge in [0.2, 0.25) is 0 Å². The molecule has 0 aromatic heterocycles. The van der Waals surface area contributed by atoms with Gasteiger partial charge in [0.1, 0.15) is 0 Å². The molecule has 2 heteroatoms. The Morgan fingerprint density at radius 1 is 1.86 bits per heavy atom. The third-order valence-corrected chi connectivity index (χ3v) is 0.590. The van der Waals surface area contributed by atoms with Crippen molar-refractivity contribution in [2.75, 3.05) is 0 Å². The topological polar surface area (TPSA) is 36.2 Å². The normalized spacial score (nSPS) is 10.7. The standard InChI is InChI=1S/C5H8N2/c1-3-5(2)4-7-6/h3-4,6H,1H2,2H3/b5-4-,7-6?. The van der Waals surface area contributed by atoms with Crippen molar-refractivity contribution in [3.05, 3.63) is 24.4 Å². The molecule has 0 aliphatic carbocycles. The molecule has 0 fully saturated rings. The van der Waals surface area contributed by atoms with Crippen LogP contribution in [0.15, 0.2) is 29.5 Å². The van der Waals surface area contributed by atoms with Gasteiger partial charge in [-0.05, 0) is 12.5 Å². The van der Waals surface area contributed by atoms with Crippen molar-refractivity contribution in [1.82, 2.24) is 0 Å². The molecule has 0 radical (unpaired) electrons. The molecule has 0 heterocycles. The summed E-state index contributed by atoms with van der Waals surface area (Å²) < 4.78 is 0. The SMILES string of the molecule is C=C/C(C)=C\N=N. The fraction of sp³-hybridized carbons (Fsp3) is 0.200. The van der Waals surface area contributed by atoms with E-state index in [9.17, 15) is 0 Å². The summed E-state index contributed by atoms with van der Waals surface area (Å²) in [7, 11) is 0. The lowest BCUT2D eigenvalue weighted by atomic mass is 10.3. The molecular weight excluding hydrogens is 88.1 g/mol. The van der Waals surface area contributed by atoms with Crippen LogP contribution in [0.4, 0.5) is 0 Å². The Labute approximate surface area is 43.1 Å². The van der Waals surface area contributed by atoms with Gasteiger partial charge in [-0.25, -0.2) is 5.53 Å². The molecule has 2 nitrogen and oxygen atoms in total. The average Bonchev–Trinajstić information content (AvgIpc) is 1.68. The number of hydrogen-bond acceptors (Lipinski definition) is 2. The molecule has 7 heavy (non-hydrogen) atoms. The van der Waals surface area contributed by atoms with E-state index in [0.29, 0.717) is 0 Å². The van der Waals surface area contributed by atoms with Gasteiger partial charge in [-0.1, -0.05) is 12.7 Å². The van der Waals surface area contributed by atoms with Crippen LogP contribution in [-0.4, -0.2) is 0 Å². The Bertz CT molecular complexity index is 103. The molecule has 0 aromatic carbocycles. The predicted octanol–water partition coefficient (Wildman–Crippen LogP) is 2.11. The van der Waals surface area contributed by atoms with Gasteiger partial charge in [-0.2, -0.15) is 5.11 Å². The highest BCUT2D eigenvalue weighted by Crippen LogP contribution is 1.90. The van der Waals surface area contributed by atoms with Crippen LogP contribution in [0, 0.1) is 5.53 Å². The molecule has 0 rings (SSSR count). The molecule has 0 aliphatic heterocycles. The molecule has 0 saturated heterocycles. The molecule has 0 spiro atoms. The maximum Gasteiger partial charge on any atom is 0.0517 e. The van der Waals surface area contributed by atoms with Crippen molar-refractivity contribution in [1.29, 1.82) is 5.53 Å². The molecule has 0 atom stereocenters. The largest absolute Gasteiger partial charge is 0.205 e. The number of rotatable bonds is 2. The van der Waals surface area contributed by atoms with E-state index < -0.39 is 0 Å². The Hall–Kier alpha value is -0.920. The van der Waals surface area contributed by atoms with Crippen molar-refractivity contribution in [2.24, 2.45) is 5.11 Å². The first kappa shape index (κ1) is 6.08. The van der Waals surface area contributed by atoms with Crippen LogP contribution in [-0.2, 0) is 0 Å². The number of allylic oxidation sites excluding steroid dienone is 2. The van der Waals surface area contributed by atoms with Crippen LogP contribution in [0.25, 0.3) is 0 Å². The molecule has 0 bridgehead atoms. The average molecular weight is 96.1 g/mol. The van der Waals surface area contributed by atoms with Gasteiger partial charge in [0.05, 0.1) is 6.20 Å². The van der Waals surface area contributed by atoms with E-state index >= 15 is 0 Å². The summed E-state index contributed by atoms with van der Waals surface area (Å²) in [4.78, 5) is 0. The highest BCUT2D eigenvalue weighted by Gasteiger charge is 1.70. The van der Waals surface area contributed by atoms with Crippen molar-refractivity contribution >= 4 is 0 Å². The Morgan fingerprint density at radius 3 is 2.57 bits per heavy atom. The van der Waals surface area contributed by atoms with E-state index in [0.717, 1.165) is 5.57 Å². The zero-order valence-corrected chi connectivity index (χ0v) is 4.31. The van der Waals surface area contributed by atoms with Crippen LogP contribution in [0.5, 0.6) is 0 Å². The van der Waals surface area contributed by atoms with E-state index in [1.54, 1.807) is 6.08 Å². The van der Waals surface area contributed by atoms with Crippen LogP contribution in [0.2, 0.25) is 0 Å². The van der Waals surface area contributed by atoms with Crippen molar-refractivity contribution in [2.45, 2.75) is 6.92 Å². The van der Waals surface area contributed by atoms with Gasteiger partial charge >= 0.3 is 0 Å². The minimum atomic E-state index is 0.912. The van der Waals surface area contributed by atoms with E-state index in [2.05, 4.69) is 11.7 Å². The molecule has 38 valence electrons. The highest BCUT2D eigenvalue weighted by atomic mass is 14.9. The van der Waals surface area contributed by atoms with E-state index in [1.165, 1.54) is 6.20 Å². The van der Waals surface area contributed by atoms with Gasteiger partial charge < -0.3 is 0 Å². The van der Waals surface area contributed by atoms with Gasteiger partial charge in [0.15, 0.2) is 0 Å². The predicted molar refractivity (Wildman–Crippen MR) is 29.1 cm³/mol. The molecule has 0 unspecified atom stereocenters. The number of nitrogens with one attached hydrogen (secondary N) is 1. The third-order valence-electron chi connectivity index (χ3n) is 0.590. The maximum atomic E-state index is 6.34. The third kappa shape index (κ3) is 2.89. The van der Waals surface area contributed by atoms with Gasteiger partial charge in [-0.3, -0.25) is 0 Å². The second-order valence-electron chi connectivity index (χ2n) is 1.21. The second kappa shape index (κ2) is 3.28. The molecule has 0 saturated carbocycles. The summed E-state index contributed by atoms with van der Waals surface area (Å²) in [5, 5.41) is 3.02. The van der Waals surface area contributed by atoms with E-state index in [1.807, 2.05) is 6.92 Å². The Morgan fingerprint density at radius 2 is 2.43 bits per heavy atom. The molecule has 1 N–H and O–H groups in total. The molecule has 0 amide bonds. The van der Waals surface area contributed by atoms with Crippen LogP contribution in [0.3, 0.4) is 0 Å². The van der Waals surface area contributed by atoms with Crippen molar-refractivity contribution in [3.8, 4) is 0 Å². The Kier molecular flexibility index (Phi) is 2.85. The minimum absolute atomic E-state index is 0.912. The highest BCUT2D eigenvalue weighted by molar-refractivity contribution is 5.10.